The summed E-state index contributed by atoms with van der Waals surface area (Å²) < 4.78 is 0. The molecule has 0 saturated carbocycles. The van der Waals surface area contributed by atoms with Gasteiger partial charge in [-0.1, -0.05) is 32.0 Å². The van der Waals surface area contributed by atoms with Crippen LogP contribution in [0.3, 0.4) is 0 Å². The van der Waals surface area contributed by atoms with Crippen molar-refractivity contribution < 1.29 is 0 Å². The van der Waals surface area contributed by atoms with Gasteiger partial charge in [0.25, 0.3) is 0 Å². The second-order valence-corrected chi connectivity index (χ2v) is 4.87. The highest BCUT2D eigenvalue weighted by atomic mass is 14.8. The van der Waals surface area contributed by atoms with Gasteiger partial charge in [-0.25, -0.2) is 0 Å². The zero-order valence-corrected chi connectivity index (χ0v) is 11.1. The zero-order valence-electron chi connectivity index (χ0n) is 11.1. The molecule has 1 N–H and O–H groups in total. The van der Waals surface area contributed by atoms with Gasteiger partial charge in [0.05, 0.1) is 0 Å². The third kappa shape index (κ3) is 3.97. The molecule has 0 aliphatic rings. The van der Waals surface area contributed by atoms with E-state index in [4.69, 9.17) is 0 Å². The van der Waals surface area contributed by atoms with Crippen LogP contribution in [-0.4, -0.2) is 13.1 Å². The van der Waals surface area contributed by atoms with Gasteiger partial charge in [-0.2, -0.15) is 0 Å². The Hall–Kier alpha value is -0.820. The smallest absolute Gasteiger partial charge is 0.00200 e. The topological polar surface area (TPSA) is 12.0 Å². The molecule has 0 saturated heterocycles. The molecule has 0 heterocycles. The molecule has 0 aliphatic carbocycles. The number of rotatable bonds is 6. The van der Waals surface area contributed by atoms with E-state index in [-0.39, 0.29) is 0 Å². The number of nitrogens with one attached hydrogen (secondary N) is 1. The summed E-state index contributed by atoms with van der Waals surface area (Å²) in [6, 6.07) is 6.63. The molecule has 90 valence electrons. The fraction of sp³-hybridized carbons (Fsp3) is 0.600. The molecule has 1 nitrogen and oxygen atoms in total. The second-order valence-electron chi connectivity index (χ2n) is 4.87. The number of benzene rings is 1. The molecular formula is C15H25N. The molecule has 1 aromatic rings. The molecule has 0 aromatic heterocycles. The molecule has 0 spiro atoms. The lowest BCUT2D eigenvalue weighted by atomic mass is 9.95. The van der Waals surface area contributed by atoms with Crippen LogP contribution in [-0.2, 0) is 6.42 Å². The Morgan fingerprint density at radius 2 is 2.00 bits per heavy atom. The van der Waals surface area contributed by atoms with Crippen molar-refractivity contribution in [1.29, 1.82) is 0 Å². The molecule has 1 aromatic carbocycles. The Balaban J connectivity index is 2.49. The zero-order chi connectivity index (χ0) is 12.0. The minimum atomic E-state index is 0.715. The van der Waals surface area contributed by atoms with Gasteiger partial charge in [-0.15, -0.1) is 0 Å². The molecule has 1 rings (SSSR count). The molecule has 1 atom stereocenters. The average Bonchev–Trinajstić information content (AvgIpc) is 2.25. The van der Waals surface area contributed by atoms with E-state index < -0.39 is 0 Å². The van der Waals surface area contributed by atoms with Crippen LogP contribution in [0.25, 0.3) is 0 Å². The lowest BCUT2D eigenvalue weighted by Gasteiger charge is -2.15. The maximum Gasteiger partial charge on any atom is -0.00200 e. The van der Waals surface area contributed by atoms with Gasteiger partial charge in [-0.05, 0) is 62.4 Å². The predicted octanol–water partition coefficient (Wildman–Crippen LogP) is 3.48. The molecule has 0 fully saturated rings. The predicted molar refractivity (Wildman–Crippen MR) is 71.9 cm³/mol. The van der Waals surface area contributed by atoms with Crippen LogP contribution in [0.2, 0.25) is 0 Å². The Morgan fingerprint density at radius 3 is 2.69 bits per heavy atom. The van der Waals surface area contributed by atoms with E-state index in [1.807, 2.05) is 0 Å². The fourth-order valence-electron chi connectivity index (χ4n) is 2.01. The monoisotopic (exact) mass is 219 g/mol. The van der Waals surface area contributed by atoms with Gasteiger partial charge < -0.3 is 5.32 Å². The fourth-order valence-corrected chi connectivity index (χ4v) is 2.01. The Labute approximate surface area is 100 Å². The van der Waals surface area contributed by atoms with Crippen molar-refractivity contribution in [2.45, 2.75) is 40.5 Å². The van der Waals surface area contributed by atoms with Crippen LogP contribution in [0.15, 0.2) is 18.2 Å². The molecule has 0 amide bonds. The average molecular weight is 219 g/mol. The van der Waals surface area contributed by atoms with Gasteiger partial charge in [0, 0.05) is 0 Å². The first-order valence-electron chi connectivity index (χ1n) is 6.41. The van der Waals surface area contributed by atoms with E-state index in [0.29, 0.717) is 5.92 Å². The normalized spacial score (nSPS) is 12.8. The highest BCUT2D eigenvalue weighted by molar-refractivity contribution is 5.33. The summed E-state index contributed by atoms with van der Waals surface area (Å²) in [5.41, 5.74) is 4.38. The first kappa shape index (κ1) is 13.2. The summed E-state index contributed by atoms with van der Waals surface area (Å²) in [7, 11) is 0. The number of aryl methyl sites for hydroxylation is 1. The van der Waals surface area contributed by atoms with E-state index in [9.17, 15) is 0 Å². The Kier molecular flexibility index (Phi) is 5.54. The van der Waals surface area contributed by atoms with Crippen molar-refractivity contribution >= 4 is 0 Å². The molecule has 0 radical (unpaired) electrons. The quantitative estimate of drug-likeness (QED) is 0.722. The van der Waals surface area contributed by atoms with Crippen LogP contribution in [0.5, 0.6) is 0 Å². The van der Waals surface area contributed by atoms with Crippen LogP contribution in [0, 0.1) is 19.8 Å². The number of hydrogen-bond acceptors (Lipinski definition) is 1. The maximum absolute atomic E-state index is 3.49. The van der Waals surface area contributed by atoms with Gasteiger partial charge in [0.15, 0.2) is 0 Å². The summed E-state index contributed by atoms with van der Waals surface area (Å²) in [5.74, 6) is 0.715. The van der Waals surface area contributed by atoms with E-state index in [0.717, 1.165) is 13.1 Å². The molecular weight excluding hydrogens is 194 g/mol. The standard InChI is InChI=1S/C15H25N/c1-5-9-16-11-12(2)10-15-8-6-7-13(3)14(15)4/h6-8,12,16H,5,9-11H2,1-4H3. The van der Waals surface area contributed by atoms with Gasteiger partial charge >= 0.3 is 0 Å². The molecule has 0 bridgehead atoms. The summed E-state index contributed by atoms with van der Waals surface area (Å²) in [5, 5.41) is 3.49. The highest BCUT2D eigenvalue weighted by Crippen LogP contribution is 2.16. The maximum atomic E-state index is 3.49. The first-order chi connectivity index (χ1) is 7.65. The molecule has 16 heavy (non-hydrogen) atoms. The summed E-state index contributed by atoms with van der Waals surface area (Å²) in [6.07, 6.45) is 2.40. The largest absolute Gasteiger partial charge is 0.316 e. The van der Waals surface area contributed by atoms with Crippen LogP contribution in [0.4, 0.5) is 0 Å². The van der Waals surface area contributed by atoms with Crippen molar-refractivity contribution in [3.8, 4) is 0 Å². The van der Waals surface area contributed by atoms with Crippen LogP contribution >= 0.6 is 0 Å². The summed E-state index contributed by atoms with van der Waals surface area (Å²) >= 11 is 0. The molecule has 1 heteroatoms. The van der Waals surface area contributed by atoms with E-state index in [1.165, 1.54) is 29.5 Å². The van der Waals surface area contributed by atoms with Crippen LogP contribution < -0.4 is 5.32 Å². The summed E-state index contributed by atoms with van der Waals surface area (Å²) in [6.45, 7) is 11.2. The third-order valence-electron chi connectivity index (χ3n) is 3.20. The SMILES string of the molecule is CCCNCC(C)Cc1cccc(C)c1C. The molecule has 1 unspecified atom stereocenters. The highest BCUT2D eigenvalue weighted by Gasteiger charge is 2.06. The van der Waals surface area contributed by atoms with Gasteiger partial charge in [-0.3, -0.25) is 0 Å². The van der Waals surface area contributed by atoms with Crippen LogP contribution in [0.1, 0.15) is 37.0 Å². The second kappa shape index (κ2) is 6.70. The van der Waals surface area contributed by atoms with Crippen molar-refractivity contribution in [2.24, 2.45) is 5.92 Å². The van der Waals surface area contributed by atoms with E-state index in [2.05, 4.69) is 51.2 Å². The third-order valence-corrected chi connectivity index (χ3v) is 3.20. The van der Waals surface area contributed by atoms with Crippen molar-refractivity contribution in [3.63, 3.8) is 0 Å². The first-order valence-corrected chi connectivity index (χ1v) is 6.41. The van der Waals surface area contributed by atoms with Crippen molar-refractivity contribution in [2.75, 3.05) is 13.1 Å². The lowest BCUT2D eigenvalue weighted by Crippen LogP contribution is -2.23. The lowest BCUT2D eigenvalue weighted by molar-refractivity contribution is 0.510. The summed E-state index contributed by atoms with van der Waals surface area (Å²) in [4.78, 5) is 0. The Morgan fingerprint density at radius 1 is 1.25 bits per heavy atom. The van der Waals surface area contributed by atoms with E-state index >= 15 is 0 Å². The minimum Gasteiger partial charge on any atom is -0.316 e. The van der Waals surface area contributed by atoms with Crippen molar-refractivity contribution in [3.05, 3.63) is 34.9 Å². The van der Waals surface area contributed by atoms with E-state index in [1.54, 1.807) is 0 Å². The van der Waals surface area contributed by atoms with Gasteiger partial charge in [0.2, 0.25) is 0 Å². The molecule has 0 aliphatic heterocycles. The van der Waals surface area contributed by atoms with Crippen molar-refractivity contribution in [1.82, 2.24) is 5.32 Å². The number of hydrogen-bond donors (Lipinski definition) is 1. The van der Waals surface area contributed by atoms with Gasteiger partial charge in [0.1, 0.15) is 0 Å². The Bertz CT molecular complexity index is 317. The minimum absolute atomic E-state index is 0.715.